The van der Waals surface area contributed by atoms with E-state index in [0.29, 0.717) is 0 Å². The van der Waals surface area contributed by atoms with Crippen molar-refractivity contribution < 1.29 is 0 Å². The fraction of sp³-hybridized carbons (Fsp3) is 0.154. The molecule has 0 aliphatic rings. The molecule has 4 nitrogen and oxygen atoms in total. The lowest BCUT2D eigenvalue weighted by Crippen LogP contribution is -2.00. The Bertz CT molecular complexity index is 685. The SMILES string of the molecule is Cc1cc(-n2c(C)nc3ccccc32)ncn1. The minimum absolute atomic E-state index is 0.865. The number of nitrogens with zero attached hydrogens (tertiary/aromatic N) is 4. The maximum absolute atomic E-state index is 4.52. The summed E-state index contributed by atoms with van der Waals surface area (Å²) in [6.45, 7) is 3.94. The summed E-state index contributed by atoms with van der Waals surface area (Å²) < 4.78 is 2.05. The lowest BCUT2D eigenvalue weighted by atomic mass is 10.3. The Morgan fingerprint density at radius 1 is 1.06 bits per heavy atom. The second-order valence-corrected chi connectivity index (χ2v) is 4.00. The van der Waals surface area contributed by atoms with Gasteiger partial charge in [-0.15, -0.1) is 0 Å². The molecule has 0 aliphatic heterocycles. The van der Waals surface area contributed by atoms with E-state index in [-0.39, 0.29) is 0 Å². The van der Waals surface area contributed by atoms with Gasteiger partial charge in [0.2, 0.25) is 0 Å². The van der Waals surface area contributed by atoms with Crippen molar-refractivity contribution >= 4 is 11.0 Å². The van der Waals surface area contributed by atoms with Crippen molar-refractivity contribution in [3.05, 3.63) is 48.2 Å². The predicted molar refractivity (Wildman–Crippen MR) is 66.1 cm³/mol. The Kier molecular flexibility index (Phi) is 2.14. The van der Waals surface area contributed by atoms with E-state index in [1.165, 1.54) is 0 Å². The third-order valence-electron chi connectivity index (χ3n) is 2.75. The van der Waals surface area contributed by atoms with Gasteiger partial charge in [-0.2, -0.15) is 0 Å². The molecule has 0 saturated carbocycles. The largest absolute Gasteiger partial charge is 0.280 e. The van der Waals surface area contributed by atoms with Gasteiger partial charge in [-0.3, -0.25) is 4.57 Å². The monoisotopic (exact) mass is 224 g/mol. The Morgan fingerprint density at radius 3 is 2.71 bits per heavy atom. The Hall–Kier alpha value is -2.23. The molecule has 17 heavy (non-hydrogen) atoms. The first-order valence-corrected chi connectivity index (χ1v) is 5.49. The van der Waals surface area contributed by atoms with Crippen LogP contribution in [0.25, 0.3) is 16.9 Å². The highest BCUT2D eigenvalue weighted by Gasteiger charge is 2.09. The minimum Gasteiger partial charge on any atom is -0.280 e. The zero-order chi connectivity index (χ0) is 11.8. The van der Waals surface area contributed by atoms with Crippen LogP contribution in [-0.2, 0) is 0 Å². The molecule has 0 bridgehead atoms. The number of aromatic nitrogens is 4. The second-order valence-electron chi connectivity index (χ2n) is 4.00. The van der Waals surface area contributed by atoms with Gasteiger partial charge in [0, 0.05) is 11.8 Å². The molecule has 0 amide bonds. The maximum atomic E-state index is 4.52. The maximum Gasteiger partial charge on any atom is 0.142 e. The number of imidazole rings is 1. The zero-order valence-electron chi connectivity index (χ0n) is 9.75. The van der Waals surface area contributed by atoms with Crippen molar-refractivity contribution in [2.45, 2.75) is 13.8 Å². The molecule has 2 aromatic heterocycles. The van der Waals surface area contributed by atoms with Gasteiger partial charge >= 0.3 is 0 Å². The first-order chi connectivity index (χ1) is 8.25. The first-order valence-electron chi connectivity index (χ1n) is 5.49. The summed E-state index contributed by atoms with van der Waals surface area (Å²) in [7, 11) is 0. The van der Waals surface area contributed by atoms with Crippen LogP contribution >= 0.6 is 0 Å². The van der Waals surface area contributed by atoms with Crippen LogP contribution in [0.5, 0.6) is 0 Å². The molecule has 0 N–H and O–H groups in total. The van der Waals surface area contributed by atoms with Crippen molar-refractivity contribution in [1.82, 2.24) is 19.5 Å². The van der Waals surface area contributed by atoms with Crippen LogP contribution in [0, 0.1) is 13.8 Å². The quantitative estimate of drug-likeness (QED) is 0.637. The average molecular weight is 224 g/mol. The number of rotatable bonds is 1. The van der Waals surface area contributed by atoms with Gasteiger partial charge in [-0.1, -0.05) is 12.1 Å². The van der Waals surface area contributed by atoms with Crippen molar-refractivity contribution in [2.24, 2.45) is 0 Å². The Labute approximate surface area is 99.0 Å². The lowest BCUT2D eigenvalue weighted by Gasteiger charge is -2.05. The molecule has 0 fully saturated rings. The normalized spacial score (nSPS) is 10.9. The predicted octanol–water partition coefficient (Wildman–Crippen LogP) is 2.43. The molecule has 0 radical (unpaired) electrons. The minimum atomic E-state index is 0.865. The molecule has 0 spiro atoms. The van der Waals surface area contributed by atoms with E-state index in [9.17, 15) is 0 Å². The van der Waals surface area contributed by atoms with Crippen LogP contribution in [0.15, 0.2) is 36.7 Å². The molecular weight excluding hydrogens is 212 g/mol. The fourth-order valence-corrected chi connectivity index (χ4v) is 2.00. The summed E-state index contributed by atoms with van der Waals surface area (Å²) in [5.74, 6) is 1.80. The Balaban J connectivity index is 2.33. The van der Waals surface area contributed by atoms with E-state index >= 15 is 0 Å². The highest BCUT2D eigenvalue weighted by molar-refractivity contribution is 5.77. The fourth-order valence-electron chi connectivity index (χ4n) is 2.00. The van der Waals surface area contributed by atoms with Gasteiger partial charge in [-0.25, -0.2) is 15.0 Å². The van der Waals surface area contributed by atoms with Gasteiger partial charge < -0.3 is 0 Å². The van der Waals surface area contributed by atoms with E-state index in [0.717, 1.165) is 28.4 Å². The molecule has 4 heteroatoms. The summed E-state index contributed by atoms with van der Waals surface area (Å²) >= 11 is 0. The molecule has 0 saturated heterocycles. The van der Waals surface area contributed by atoms with Crippen LogP contribution in [0.1, 0.15) is 11.5 Å². The molecular formula is C13H12N4. The number of hydrogen-bond donors (Lipinski definition) is 0. The van der Waals surface area contributed by atoms with Crippen LogP contribution in [-0.4, -0.2) is 19.5 Å². The van der Waals surface area contributed by atoms with Crippen LogP contribution in [0.3, 0.4) is 0 Å². The number of benzene rings is 1. The molecule has 84 valence electrons. The van der Waals surface area contributed by atoms with Gasteiger partial charge in [0.15, 0.2) is 0 Å². The molecule has 2 heterocycles. The summed E-state index contributed by atoms with van der Waals surface area (Å²) in [5.41, 5.74) is 3.01. The van der Waals surface area contributed by atoms with Gasteiger partial charge in [0.1, 0.15) is 18.0 Å². The summed E-state index contributed by atoms with van der Waals surface area (Å²) in [4.78, 5) is 12.9. The molecule has 3 aromatic rings. The van der Waals surface area contributed by atoms with E-state index in [4.69, 9.17) is 0 Å². The smallest absolute Gasteiger partial charge is 0.142 e. The number of aryl methyl sites for hydroxylation is 2. The molecule has 0 atom stereocenters. The number of fused-ring (bicyclic) bond motifs is 1. The summed E-state index contributed by atoms with van der Waals surface area (Å²) in [6, 6.07) is 10.0. The molecule has 1 aromatic carbocycles. The van der Waals surface area contributed by atoms with Gasteiger partial charge in [0.05, 0.1) is 11.0 Å². The highest BCUT2D eigenvalue weighted by atomic mass is 15.1. The van der Waals surface area contributed by atoms with Crippen molar-refractivity contribution in [3.8, 4) is 5.82 Å². The van der Waals surface area contributed by atoms with Gasteiger partial charge in [-0.05, 0) is 26.0 Å². The summed E-state index contributed by atoms with van der Waals surface area (Å²) in [5, 5.41) is 0. The van der Waals surface area contributed by atoms with E-state index in [2.05, 4.69) is 15.0 Å². The van der Waals surface area contributed by atoms with E-state index in [1.807, 2.05) is 48.7 Å². The number of hydrogen-bond acceptors (Lipinski definition) is 3. The van der Waals surface area contributed by atoms with Gasteiger partial charge in [0.25, 0.3) is 0 Å². The molecule has 0 unspecified atom stereocenters. The number of para-hydroxylation sites is 2. The van der Waals surface area contributed by atoms with Crippen molar-refractivity contribution in [3.63, 3.8) is 0 Å². The third kappa shape index (κ3) is 1.58. The lowest BCUT2D eigenvalue weighted by molar-refractivity contribution is 0.932. The van der Waals surface area contributed by atoms with Crippen molar-refractivity contribution in [2.75, 3.05) is 0 Å². The molecule has 0 aliphatic carbocycles. The Morgan fingerprint density at radius 2 is 1.88 bits per heavy atom. The summed E-state index contributed by atoms with van der Waals surface area (Å²) in [6.07, 6.45) is 1.58. The van der Waals surface area contributed by atoms with E-state index in [1.54, 1.807) is 6.33 Å². The topological polar surface area (TPSA) is 43.6 Å². The van der Waals surface area contributed by atoms with Crippen LogP contribution in [0.4, 0.5) is 0 Å². The highest BCUT2D eigenvalue weighted by Crippen LogP contribution is 2.19. The molecule has 3 rings (SSSR count). The average Bonchev–Trinajstić information content (AvgIpc) is 2.64. The standard InChI is InChI=1S/C13H12N4/c1-9-7-13(15-8-14-9)17-10(2)16-11-5-3-4-6-12(11)17/h3-8H,1-2H3. The second kappa shape index (κ2) is 3.66. The van der Waals surface area contributed by atoms with E-state index < -0.39 is 0 Å². The van der Waals surface area contributed by atoms with Crippen LogP contribution in [0.2, 0.25) is 0 Å². The third-order valence-corrected chi connectivity index (χ3v) is 2.75. The zero-order valence-corrected chi connectivity index (χ0v) is 9.75. The van der Waals surface area contributed by atoms with Crippen LogP contribution < -0.4 is 0 Å². The first kappa shape index (κ1) is 9.96. The van der Waals surface area contributed by atoms with Crippen molar-refractivity contribution in [1.29, 1.82) is 0 Å².